The summed E-state index contributed by atoms with van der Waals surface area (Å²) in [6.45, 7) is 5.63. The van der Waals surface area contributed by atoms with Crippen LogP contribution in [0.1, 0.15) is 78.1 Å². The van der Waals surface area contributed by atoms with Crippen molar-refractivity contribution in [3.8, 4) is 0 Å². The fourth-order valence-electron chi connectivity index (χ4n) is 3.87. The number of rotatable bonds is 5. The lowest BCUT2D eigenvalue weighted by molar-refractivity contribution is -0.00603. The molecule has 2 rings (SSSR count). The highest BCUT2D eigenvalue weighted by atomic mass is 16.5. The Morgan fingerprint density at radius 2 is 1.84 bits per heavy atom. The Morgan fingerprint density at radius 3 is 2.53 bits per heavy atom. The van der Waals surface area contributed by atoms with Gasteiger partial charge in [-0.1, -0.05) is 39.0 Å². The third kappa shape index (κ3) is 5.07. The van der Waals surface area contributed by atoms with Gasteiger partial charge in [0.15, 0.2) is 0 Å². The molecule has 1 aliphatic heterocycles. The summed E-state index contributed by atoms with van der Waals surface area (Å²) in [6.07, 6.45) is 14.1. The molecule has 0 aromatic carbocycles. The van der Waals surface area contributed by atoms with Crippen molar-refractivity contribution < 1.29 is 4.74 Å². The van der Waals surface area contributed by atoms with E-state index in [1.54, 1.807) is 0 Å². The van der Waals surface area contributed by atoms with Crippen LogP contribution in [-0.2, 0) is 4.74 Å². The van der Waals surface area contributed by atoms with Crippen molar-refractivity contribution in [1.29, 1.82) is 0 Å². The molecule has 0 bridgehead atoms. The first-order valence-corrected chi connectivity index (χ1v) is 8.67. The predicted molar refractivity (Wildman–Crippen MR) is 81.5 cm³/mol. The summed E-state index contributed by atoms with van der Waals surface area (Å²) in [5, 5.41) is 3.92. The van der Waals surface area contributed by atoms with E-state index in [0.29, 0.717) is 18.2 Å². The van der Waals surface area contributed by atoms with Crippen molar-refractivity contribution in [3.05, 3.63) is 0 Å². The zero-order valence-electron chi connectivity index (χ0n) is 13.0. The third-order valence-corrected chi connectivity index (χ3v) is 5.08. The van der Waals surface area contributed by atoms with Crippen LogP contribution in [0.3, 0.4) is 0 Å². The van der Waals surface area contributed by atoms with E-state index in [4.69, 9.17) is 4.74 Å². The maximum absolute atomic E-state index is 5.86. The van der Waals surface area contributed by atoms with E-state index < -0.39 is 0 Å². The lowest BCUT2D eigenvalue weighted by Gasteiger charge is -2.34. The van der Waals surface area contributed by atoms with Gasteiger partial charge in [0, 0.05) is 18.7 Å². The molecule has 112 valence electrons. The van der Waals surface area contributed by atoms with Crippen LogP contribution in [0.4, 0.5) is 0 Å². The zero-order chi connectivity index (χ0) is 13.5. The van der Waals surface area contributed by atoms with Gasteiger partial charge in [-0.25, -0.2) is 0 Å². The van der Waals surface area contributed by atoms with Crippen molar-refractivity contribution in [2.45, 2.75) is 96.2 Å². The molecule has 2 aliphatic rings. The van der Waals surface area contributed by atoms with Crippen LogP contribution in [0.2, 0.25) is 0 Å². The van der Waals surface area contributed by atoms with Crippen molar-refractivity contribution in [1.82, 2.24) is 5.32 Å². The third-order valence-electron chi connectivity index (χ3n) is 5.08. The molecule has 0 spiro atoms. The fraction of sp³-hybridized carbons (Fsp3) is 1.00. The van der Waals surface area contributed by atoms with Crippen LogP contribution in [0.15, 0.2) is 0 Å². The van der Waals surface area contributed by atoms with Crippen LogP contribution >= 0.6 is 0 Å². The SMILES string of the molecule is CCCC1CC(N[C@@H](C)C2CCCCCC2)CCO1. The van der Waals surface area contributed by atoms with Gasteiger partial charge in [0.05, 0.1) is 6.10 Å². The second-order valence-electron chi connectivity index (χ2n) is 6.71. The van der Waals surface area contributed by atoms with E-state index in [2.05, 4.69) is 19.2 Å². The first-order chi connectivity index (χ1) is 9.29. The molecule has 2 nitrogen and oxygen atoms in total. The van der Waals surface area contributed by atoms with Crippen molar-refractivity contribution in [2.24, 2.45) is 5.92 Å². The molecular weight excluding hydrogens is 234 g/mol. The number of hydrogen-bond donors (Lipinski definition) is 1. The van der Waals surface area contributed by atoms with Gasteiger partial charge in [-0.2, -0.15) is 0 Å². The van der Waals surface area contributed by atoms with E-state index in [9.17, 15) is 0 Å². The van der Waals surface area contributed by atoms with Crippen molar-refractivity contribution in [3.63, 3.8) is 0 Å². The van der Waals surface area contributed by atoms with Crippen LogP contribution in [0.25, 0.3) is 0 Å². The van der Waals surface area contributed by atoms with Crippen LogP contribution < -0.4 is 5.32 Å². The van der Waals surface area contributed by atoms with E-state index in [-0.39, 0.29) is 0 Å². The Balaban J connectivity index is 1.75. The normalized spacial score (nSPS) is 31.9. The number of hydrogen-bond acceptors (Lipinski definition) is 2. The molecule has 0 aromatic heterocycles. The molecule has 0 aromatic rings. The van der Waals surface area contributed by atoms with Crippen LogP contribution in [0, 0.1) is 5.92 Å². The van der Waals surface area contributed by atoms with E-state index in [1.165, 1.54) is 64.2 Å². The first kappa shape index (κ1) is 15.3. The minimum absolute atomic E-state index is 0.512. The molecule has 1 saturated heterocycles. The van der Waals surface area contributed by atoms with Crippen molar-refractivity contribution >= 4 is 0 Å². The van der Waals surface area contributed by atoms with Gasteiger partial charge in [-0.15, -0.1) is 0 Å². The Hall–Kier alpha value is -0.0800. The molecule has 0 amide bonds. The van der Waals surface area contributed by atoms with Gasteiger partial charge in [-0.3, -0.25) is 0 Å². The first-order valence-electron chi connectivity index (χ1n) is 8.67. The van der Waals surface area contributed by atoms with E-state index in [0.717, 1.165) is 12.5 Å². The van der Waals surface area contributed by atoms with E-state index >= 15 is 0 Å². The highest BCUT2D eigenvalue weighted by molar-refractivity contribution is 4.82. The summed E-state index contributed by atoms with van der Waals surface area (Å²) in [4.78, 5) is 0. The highest BCUT2D eigenvalue weighted by Gasteiger charge is 2.26. The Kier molecular flexibility index (Phi) is 6.66. The van der Waals surface area contributed by atoms with Gasteiger partial charge in [0.1, 0.15) is 0 Å². The quantitative estimate of drug-likeness (QED) is 0.751. The molecule has 2 fully saturated rings. The lowest BCUT2D eigenvalue weighted by atomic mass is 9.91. The second kappa shape index (κ2) is 8.26. The predicted octanol–water partition coefficient (Wildman–Crippen LogP) is 4.28. The average Bonchev–Trinajstić information content (AvgIpc) is 2.68. The zero-order valence-corrected chi connectivity index (χ0v) is 13.0. The summed E-state index contributed by atoms with van der Waals surface area (Å²) in [7, 11) is 0. The minimum Gasteiger partial charge on any atom is -0.378 e. The highest BCUT2D eigenvalue weighted by Crippen LogP contribution is 2.27. The van der Waals surface area contributed by atoms with E-state index in [1.807, 2.05) is 0 Å². The summed E-state index contributed by atoms with van der Waals surface area (Å²) in [6, 6.07) is 1.40. The minimum atomic E-state index is 0.512. The molecule has 1 aliphatic carbocycles. The molecule has 2 unspecified atom stereocenters. The maximum Gasteiger partial charge on any atom is 0.0589 e. The molecule has 0 radical (unpaired) electrons. The average molecular weight is 267 g/mol. The number of ether oxygens (including phenoxy) is 1. The van der Waals surface area contributed by atoms with Crippen LogP contribution in [0.5, 0.6) is 0 Å². The molecule has 1 heterocycles. The Labute approximate surface area is 119 Å². The Morgan fingerprint density at radius 1 is 1.11 bits per heavy atom. The molecule has 1 N–H and O–H groups in total. The monoisotopic (exact) mass is 267 g/mol. The number of nitrogens with one attached hydrogen (secondary N) is 1. The van der Waals surface area contributed by atoms with Gasteiger partial charge < -0.3 is 10.1 Å². The fourth-order valence-corrected chi connectivity index (χ4v) is 3.87. The van der Waals surface area contributed by atoms with Crippen molar-refractivity contribution in [2.75, 3.05) is 6.61 Å². The molecule has 1 saturated carbocycles. The smallest absolute Gasteiger partial charge is 0.0589 e. The molecular formula is C17H33NO. The van der Waals surface area contributed by atoms with Gasteiger partial charge >= 0.3 is 0 Å². The standard InChI is InChI=1S/C17H33NO/c1-3-8-17-13-16(11-12-19-17)18-14(2)15-9-6-4-5-7-10-15/h14-18H,3-13H2,1-2H3/t14-,16?,17?/m0/s1. The van der Waals surface area contributed by atoms with Gasteiger partial charge in [-0.05, 0) is 44.9 Å². The summed E-state index contributed by atoms with van der Waals surface area (Å²) in [5.74, 6) is 0.912. The summed E-state index contributed by atoms with van der Waals surface area (Å²) < 4.78 is 5.86. The van der Waals surface area contributed by atoms with Gasteiger partial charge in [0.2, 0.25) is 0 Å². The Bertz CT molecular complexity index is 233. The summed E-state index contributed by atoms with van der Waals surface area (Å²) >= 11 is 0. The van der Waals surface area contributed by atoms with Crippen LogP contribution in [-0.4, -0.2) is 24.8 Å². The molecule has 19 heavy (non-hydrogen) atoms. The molecule has 3 atom stereocenters. The topological polar surface area (TPSA) is 21.3 Å². The van der Waals surface area contributed by atoms with Gasteiger partial charge in [0.25, 0.3) is 0 Å². The molecule has 2 heteroatoms. The largest absolute Gasteiger partial charge is 0.378 e. The second-order valence-corrected chi connectivity index (χ2v) is 6.71. The summed E-state index contributed by atoms with van der Waals surface area (Å²) in [5.41, 5.74) is 0. The lowest BCUT2D eigenvalue weighted by Crippen LogP contribution is -2.45. The maximum atomic E-state index is 5.86.